The minimum Gasteiger partial charge on any atom is -0.305 e. The molecule has 4 aromatic rings. The molecule has 4 nitrogen and oxygen atoms in total. The Hall–Kier alpha value is -2.88. The van der Waals surface area contributed by atoms with Gasteiger partial charge in [0, 0.05) is 23.6 Å². The zero-order valence-electron chi connectivity index (χ0n) is 15.9. The van der Waals surface area contributed by atoms with Gasteiger partial charge in [0.25, 0.3) is 0 Å². The molecule has 0 N–H and O–H groups in total. The van der Waals surface area contributed by atoms with Crippen molar-refractivity contribution < 1.29 is 0 Å². The van der Waals surface area contributed by atoms with Gasteiger partial charge in [-0.15, -0.1) is 21.5 Å². The van der Waals surface area contributed by atoms with Gasteiger partial charge in [0.2, 0.25) is 0 Å². The van der Waals surface area contributed by atoms with Crippen molar-refractivity contribution in [2.24, 2.45) is 0 Å². The van der Waals surface area contributed by atoms with Crippen LogP contribution in [0.25, 0.3) is 0 Å². The van der Waals surface area contributed by atoms with E-state index in [0.717, 1.165) is 36.1 Å². The van der Waals surface area contributed by atoms with Gasteiger partial charge in [-0.25, -0.2) is 0 Å². The summed E-state index contributed by atoms with van der Waals surface area (Å²) in [6.45, 7) is 0.855. The second-order valence-electron chi connectivity index (χ2n) is 6.64. The van der Waals surface area contributed by atoms with Crippen LogP contribution in [0.1, 0.15) is 27.4 Å². The number of benzene rings is 2. The number of aryl methyl sites for hydroxylation is 1. The molecule has 0 saturated carbocycles. The van der Waals surface area contributed by atoms with Crippen molar-refractivity contribution in [1.29, 1.82) is 5.26 Å². The fraction of sp³-hybridized carbons (Fsp3) is 0.174. The van der Waals surface area contributed by atoms with Gasteiger partial charge < -0.3 is 4.57 Å². The Kier molecular flexibility index (Phi) is 6.40. The number of aromatic nitrogens is 3. The Labute approximate surface area is 178 Å². The quantitative estimate of drug-likeness (QED) is 0.364. The van der Waals surface area contributed by atoms with Crippen molar-refractivity contribution >= 4 is 23.1 Å². The van der Waals surface area contributed by atoms with Crippen LogP contribution in [0.2, 0.25) is 0 Å². The molecule has 2 aromatic carbocycles. The highest BCUT2D eigenvalue weighted by Gasteiger charge is 2.14. The molecule has 6 heteroatoms. The summed E-state index contributed by atoms with van der Waals surface area (Å²) in [7, 11) is 0. The normalized spacial score (nSPS) is 10.7. The van der Waals surface area contributed by atoms with E-state index in [1.54, 1.807) is 23.1 Å². The van der Waals surface area contributed by atoms with E-state index < -0.39 is 0 Å². The number of thioether (sulfide) groups is 1. The van der Waals surface area contributed by atoms with E-state index in [0.29, 0.717) is 5.56 Å². The number of rotatable bonds is 8. The predicted molar refractivity (Wildman–Crippen MR) is 118 cm³/mol. The molecule has 0 atom stereocenters. The van der Waals surface area contributed by atoms with Crippen LogP contribution in [0.4, 0.5) is 0 Å². The molecule has 2 heterocycles. The maximum Gasteiger partial charge on any atom is 0.191 e. The topological polar surface area (TPSA) is 54.5 Å². The van der Waals surface area contributed by atoms with Gasteiger partial charge in [0.15, 0.2) is 5.16 Å². The molecule has 0 spiro atoms. The maximum absolute atomic E-state index is 8.96. The number of hydrogen-bond acceptors (Lipinski definition) is 5. The molecule has 0 unspecified atom stereocenters. The van der Waals surface area contributed by atoms with Crippen LogP contribution in [-0.4, -0.2) is 14.8 Å². The van der Waals surface area contributed by atoms with Gasteiger partial charge in [-0.05, 0) is 41.1 Å². The minimum atomic E-state index is 0.683. The van der Waals surface area contributed by atoms with Gasteiger partial charge >= 0.3 is 0 Å². The summed E-state index contributed by atoms with van der Waals surface area (Å²) < 4.78 is 2.25. The maximum atomic E-state index is 8.96. The fourth-order valence-corrected chi connectivity index (χ4v) is 4.70. The Morgan fingerprint density at radius 1 is 0.931 bits per heavy atom. The number of thiophene rings is 1. The van der Waals surface area contributed by atoms with E-state index in [-0.39, 0.29) is 0 Å². The van der Waals surface area contributed by atoms with E-state index in [1.165, 1.54) is 16.0 Å². The summed E-state index contributed by atoms with van der Waals surface area (Å²) in [5.74, 6) is 1.81. The average Bonchev–Trinajstić information content (AvgIpc) is 3.42. The standard InChI is InChI=1S/C23H20N4S2/c24-16-19-8-10-20(11-9-19)17-29-23-26-25-22(15-21-7-4-14-28-21)27(23)13-12-18-5-2-1-3-6-18/h1-11,14H,12-13,15,17H2. The molecular formula is C23H20N4S2. The third-order valence-electron chi connectivity index (χ3n) is 4.62. The molecule has 144 valence electrons. The zero-order chi connectivity index (χ0) is 19.9. The average molecular weight is 417 g/mol. The van der Waals surface area contributed by atoms with Crippen molar-refractivity contribution in [3.63, 3.8) is 0 Å². The first-order valence-electron chi connectivity index (χ1n) is 9.42. The van der Waals surface area contributed by atoms with Crippen molar-refractivity contribution in [2.75, 3.05) is 0 Å². The summed E-state index contributed by atoms with van der Waals surface area (Å²) >= 11 is 3.44. The summed E-state index contributed by atoms with van der Waals surface area (Å²) in [6, 6.07) is 24.6. The van der Waals surface area contributed by atoms with Crippen molar-refractivity contribution in [3.05, 3.63) is 99.5 Å². The van der Waals surface area contributed by atoms with E-state index in [9.17, 15) is 0 Å². The Bertz CT molecular complexity index is 1080. The van der Waals surface area contributed by atoms with Crippen molar-refractivity contribution in [2.45, 2.75) is 30.3 Å². The zero-order valence-corrected chi connectivity index (χ0v) is 17.5. The van der Waals surface area contributed by atoms with Crippen LogP contribution >= 0.6 is 23.1 Å². The van der Waals surface area contributed by atoms with Crippen LogP contribution < -0.4 is 0 Å². The third-order valence-corrected chi connectivity index (χ3v) is 6.54. The van der Waals surface area contributed by atoms with Crippen LogP contribution in [0.3, 0.4) is 0 Å². The summed E-state index contributed by atoms with van der Waals surface area (Å²) in [4.78, 5) is 1.29. The van der Waals surface area contributed by atoms with Gasteiger partial charge in [-0.1, -0.05) is 60.3 Å². The molecule has 2 aromatic heterocycles. The lowest BCUT2D eigenvalue weighted by Gasteiger charge is -2.10. The van der Waals surface area contributed by atoms with Crippen LogP contribution in [0.5, 0.6) is 0 Å². The molecule has 0 aliphatic rings. The summed E-state index contributed by atoms with van der Waals surface area (Å²) in [5.41, 5.74) is 3.17. The number of hydrogen-bond donors (Lipinski definition) is 0. The van der Waals surface area contributed by atoms with E-state index in [1.807, 2.05) is 30.3 Å². The Morgan fingerprint density at radius 3 is 2.48 bits per heavy atom. The van der Waals surface area contributed by atoms with Crippen molar-refractivity contribution in [3.8, 4) is 6.07 Å². The molecule has 0 bridgehead atoms. The van der Waals surface area contributed by atoms with E-state index in [4.69, 9.17) is 5.26 Å². The van der Waals surface area contributed by atoms with Gasteiger partial charge in [0.05, 0.1) is 11.6 Å². The molecule has 0 aliphatic carbocycles. The van der Waals surface area contributed by atoms with Gasteiger partial charge in [-0.3, -0.25) is 0 Å². The number of nitriles is 1. The first-order chi connectivity index (χ1) is 14.3. The predicted octanol–water partition coefficient (Wildman–Crippen LogP) is 5.34. The highest BCUT2D eigenvalue weighted by Crippen LogP contribution is 2.24. The van der Waals surface area contributed by atoms with Gasteiger partial charge in [0.1, 0.15) is 5.82 Å². The van der Waals surface area contributed by atoms with Crippen LogP contribution in [0.15, 0.2) is 77.3 Å². The highest BCUT2D eigenvalue weighted by molar-refractivity contribution is 7.98. The second kappa shape index (κ2) is 9.55. The first kappa shape index (κ1) is 19.4. The molecule has 0 radical (unpaired) electrons. The van der Waals surface area contributed by atoms with Crippen LogP contribution in [0, 0.1) is 11.3 Å². The van der Waals surface area contributed by atoms with Gasteiger partial charge in [-0.2, -0.15) is 5.26 Å². The van der Waals surface area contributed by atoms with Crippen molar-refractivity contribution in [1.82, 2.24) is 14.8 Å². The van der Waals surface area contributed by atoms with E-state index >= 15 is 0 Å². The molecular weight excluding hydrogens is 396 g/mol. The first-order valence-corrected chi connectivity index (χ1v) is 11.3. The number of nitrogens with zero attached hydrogens (tertiary/aromatic N) is 4. The Morgan fingerprint density at radius 2 is 1.76 bits per heavy atom. The molecule has 0 saturated heterocycles. The lowest BCUT2D eigenvalue weighted by Crippen LogP contribution is -2.08. The summed E-state index contributed by atoms with van der Waals surface area (Å²) in [5, 5.41) is 21.0. The monoisotopic (exact) mass is 416 g/mol. The Balaban J connectivity index is 1.51. The SMILES string of the molecule is N#Cc1ccc(CSc2nnc(Cc3cccs3)n2CCc2ccccc2)cc1. The minimum absolute atomic E-state index is 0.683. The largest absolute Gasteiger partial charge is 0.305 e. The molecule has 29 heavy (non-hydrogen) atoms. The molecule has 0 aliphatic heterocycles. The lowest BCUT2D eigenvalue weighted by atomic mass is 10.1. The second-order valence-corrected chi connectivity index (χ2v) is 8.61. The fourth-order valence-electron chi connectivity index (χ4n) is 3.06. The molecule has 0 amide bonds. The lowest BCUT2D eigenvalue weighted by molar-refractivity contribution is 0.610. The highest BCUT2D eigenvalue weighted by atomic mass is 32.2. The summed E-state index contributed by atoms with van der Waals surface area (Å²) in [6.07, 6.45) is 1.75. The van der Waals surface area contributed by atoms with Crippen LogP contribution in [-0.2, 0) is 25.1 Å². The molecule has 4 rings (SSSR count). The smallest absolute Gasteiger partial charge is 0.191 e. The van der Waals surface area contributed by atoms with E-state index in [2.05, 4.69) is 62.6 Å². The molecule has 0 fully saturated rings. The third kappa shape index (κ3) is 5.14.